The molecule has 6 nitrogen and oxygen atoms in total. The van der Waals surface area contributed by atoms with Crippen molar-refractivity contribution in [3.63, 3.8) is 0 Å². The van der Waals surface area contributed by atoms with E-state index in [-0.39, 0.29) is 11.0 Å². The highest BCUT2D eigenvalue weighted by molar-refractivity contribution is 5.11. The van der Waals surface area contributed by atoms with E-state index in [0.717, 1.165) is 43.1 Å². The molecule has 1 aliphatic rings. The van der Waals surface area contributed by atoms with Crippen molar-refractivity contribution in [1.82, 2.24) is 19.8 Å². The lowest BCUT2D eigenvalue weighted by Crippen LogP contribution is -2.37. The molecule has 24 heavy (non-hydrogen) atoms. The third-order valence-electron chi connectivity index (χ3n) is 4.56. The van der Waals surface area contributed by atoms with Gasteiger partial charge in [-0.1, -0.05) is 25.9 Å². The highest BCUT2D eigenvalue weighted by atomic mass is 16.5. The first-order valence-electron chi connectivity index (χ1n) is 8.58. The number of likely N-dealkylation sites (tertiary alicyclic amines) is 1. The molecular weight excluding hydrogens is 304 g/mol. The summed E-state index contributed by atoms with van der Waals surface area (Å²) in [5.41, 5.74) is 1.79. The molecule has 0 radical (unpaired) electrons. The third kappa shape index (κ3) is 3.75. The van der Waals surface area contributed by atoms with E-state index in [2.05, 4.69) is 35.9 Å². The maximum Gasteiger partial charge on any atom is 0.266 e. The minimum Gasteiger partial charge on any atom is -0.361 e. The Morgan fingerprint density at radius 1 is 1.33 bits per heavy atom. The summed E-state index contributed by atoms with van der Waals surface area (Å²) in [4.78, 5) is 14.6. The van der Waals surface area contributed by atoms with Crippen molar-refractivity contribution >= 4 is 0 Å². The van der Waals surface area contributed by atoms with Crippen LogP contribution in [0.5, 0.6) is 0 Å². The molecular formula is C18H26N4O2. The second-order valence-electron chi connectivity index (χ2n) is 7.68. The molecule has 1 fully saturated rings. The highest BCUT2D eigenvalue weighted by Gasteiger charge is 2.27. The van der Waals surface area contributed by atoms with Gasteiger partial charge in [-0.2, -0.15) is 5.10 Å². The maximum absolute atomic E-state index is 12.2. The van der Waals surface area contributed by atoms with E-state index in [0.29, 0.717) is 12.6 Å². The van der Waals surface area contributed by atoms with Crippen LogP contribution in [0.2, 0.25) is 0 Å². The van der Waals surface area contributed by atoms with E-state index in [1.165, 1.54) is 0 Å². The first kappa shape index (κ1) is 16.9. The highest BCUT2D eigenvalue weighted by Crippen LogP contribution is 2.22. The van der Waals surface area contributed by atoms with Gasteiger partial charge in [0.15, 0.2) is 0 Å². The summed E-state index contributed by atoms with van der Waals surface area (Å²) in [5, 5.41) is 8.68. The van der Waals surface area contributed by atoms with Gasteiger partial charge in [-0.3, -0.25) is 9.69 Å². The average molecular weight is 330 g/mol. The molecule has 1 unspecified atom stereocenters. The molecule has 2 aromatic rings. The minimum atomic E-state index is -0.0664. The molecule has 0 aromatic carbocycles. The summed E-state index contributed by atoms with van der Waals surface area (Å²) in [6.07, 6.45) is 2.21. The van der Waals surface area contributed by atoms with Gasteiger partial charge >= 0.3 is 0 Å². The molecule has 0 aliphatic carbocycles. The van der Waals surface area contributed by atoms with E-state index >= 15 is 0 Å². The van der Waals surface area contributed by atoms with Crippen molar-refractivity contribution in [2.75, 3.05) is 6.54 Å². The van der Waals surface area contributed by atoms with Crippen LogP contribution in [-0.4, -0.2) is 32.4 Å². The lowest BCUT2D eigenvalue weighted by molar-refractivity contribution is 0.210. The summed E-state index contributed by atoms with van der Waals surface area (Å²) in [7, 11) is 0. The molecule has 0 spiro atoms. The SMILES string of the molecule is Cc1cc(CN2CCCC2Cn2nc(C(C)(C)C)ccc2=O)no1. The van der Waals surface area contributed by atoms with Gasteiger partial charge in [0.05, 0.1) is 17.9 Å². The molecule has 2 aromatic heterocycles. The summed E-state index contributed by atoms with van der Waals surface area (Å²) in [6.45, 7) is 10.6. The zero-order valence-electron chi connectivity index (χ0n) is 15.0. The quantitative estimate of drug-likeness (QED) is 0.862. The van der Waals surface area contributed by atoms with Gasteiger partial charge < -0.3 is 4.52 Å². The van der Waals surface area contributed by atoms with Crippen LogP contribution in [0.25, 0.3) is 0 Å². The summed E-state index contributed by atoms with van der Waals surface area (Å²) in [6, 6.07) is 5.75. The number of hydrogen-bond donors (Lipinski definition) is 0. The van der Waals surface area contributed by atoms with Gasteiger partial charge in [0.1, 0.15) is 5.76 Å². The summed E-state index contributed by atoms with van der Waals surface area (Å²) >= 11 is 0. The molecule has 0 saturated carbocycles. The van der Waals surface area contributed by atoms with Crippen LogP contribution in [0.1, 0.15) is 50.8 Å². The van der Waals surface area contributed by atoms with Crippen molar-refractivity contribution in [1.29, 1.82) is 0 Å². The van der Waals surface area contributed by atoms with E-state index in [1.807, 2.05) is 19.1 Å². The van der Waals surface area contributed by atoms with Crippen LogP contribution in [0, 0.1) is 6.92 Å². The molecule has 0 N–H and O–H groups in total. The molecule has 1 aliphatic heterocycles. The van der Waals surface area contributed by atoms with Crippen molar-refractivity contribution in [3.05, 3.63) is 45.7 Å². The van der Waals surface area contributed by atoms with Gasteiger partial charge in [-0.05, 0) is 32.4 Å². The van der Waals surface area contributed by atoms with Crippen molar-refractivity contribution < 1.29 is 4.52 Å². The zero-order valence-corrected chi connectivity index (χ0v) is 15.0. The maximum atomic E-state index is 12.2. The Morgan fingerprint density at radius 3 is 2.79 bits per heavy atom. The Labute approximate surface area is 142 Å². The number of hydrogen-bond acceptors (Lipinski definition) is 5. The van der Waals surface area contributed by atoms with Crippen molar-refractivity contribution in [2.24, 2.45) is 0 Å². The molecule has 3 heterocycles. The van der Waals surface area contributed by atoms with Gasteiger partial charge in [0, 0.05) is 30.1 Å². The van der Waals surface area contributed by atoms with Gasteiger partial charge in [0.25, 0.3) is 5.56 Å². The van der Waals surface area contributed by atoms with Crippen molar-refractivity contribution in [3.8, 4) is 0 Å². The van der Waals surface area contributed by atoms with E-state index in [4.69, 9.17) is 4.52 Å². The molecule has 1 atom stereocenters. The predicted octanol–water partition coefficient (Wildman–Crippen LogP) is 2.50. The van der Waals surface area contributed by atoms with Gasteiger partial charge in [0.2, 0.25) is 0 Å². The monoisotopic (exact) mass is 330 g/mol. The molecule has 0 amide bonds. The largest absolute Gasteiger partial charge is 0.361 e. The average Bonchev–Trinajstić information content (AvgIpc) is 3.10. The Morgan fingerprint density at radius 2 is 2.12 bits per heavy atom. The normalized spacial score (nSPS) is 19.1. The smallest absolute Gasteiger partial charge is 0.266 e. The van der Waals surface area contributed by atoms with Crippen LogP contribution in [0.3, 0.4) is 0 Å². The summed E-state index contributed by atoms with van der Waals surface area (Å²) < 4.78 is 6.78. The Balaban J connectivity index is 1.76. The third-order valence-corrected chi connectivity index (χ3v) is 4.56. The zero-order chi connectivity index (χ0) is 17.3. The number of nitrogens with zero attached hydrogens (tertiary/aromatic N) is 4. The fraction of sp³-hybridized carbons (Fsp3) is 0.611. The van der Waals surface area contributed by atoms with Crippen molar-refractivity contribution in [2.45, 2.75) is 65.1 Å². The number of aromatic nitrogens is 3. The number of rotatable bonds is 4. The Kier molecular flexibility index (Phi) is 4.58. The van der Waals surface area contributed by atoms with E-state index < -0.39 is 0 Å². The molecule has 1 saturated heterocycles. The van der Waals surface area contributed by atoms with E-state index in [9.17, 15) is 4.79 Å². The van der Waals surface area contributed by atoms with Crippen LogP contribution < -0.4 is 5.56 Å². The molecule has 0 bridgehead atoms. The summed E-state index contributed by atoms with van der Waals surface area (Å²) in [5.74, 6) is 0.830. The van der Waals surface area contributed by atoms with Crippen LogP contribution >= 0.6 is 0 Å². The fourth-order valence-electron chi connectivity index (χ4n) is 3.19. The minimum absolute atomic E-state index is 0.0351. The molecule has 130 valence electrons. The standard InChI is InChI=1S/C18H26N4O2/c1-13-10-14(20-24-13)11-21-9-5-6-15(21)12-22-17(23)8-7-16(19-22)18(2,3)4/h7-8,10,15H,5-6,9,11-12H2,1-4H3. The van der Waals surface area contributed by atoms with Gasteiger partial charge in [-0.15, -0.1) is 0 Å². The lowest BCUT2D eigenvalue weighted by atomic mass is 9.92. The lowest BCUT2D eigenvalue weighted by Gasteiger charge is -2.24. The Bertz CT molecular complexity index is 757. The van der Waals surface area contributed by atoms with Crippen LogP contribution in [0.4, 0.5) is 0 Å². The van der Waals surface area contributed by atoms with Gasteiger partial charge in [-0.25, -0.2) is 4.68 Å². The Hall–Kier alpha value is -1.95. The molecule has 6 heteroatoms. The first-order valence-corrected chi connectivity index (χ1v) is 8.58. The first-order chi connectivity index (χ1) is 11.3. The topological polar surface area (TPSA) is 64.2 Å². The number of aryl methyl sites for hydroxylation is 1. The van der Waals surface area contributed by atoms with E-state index in [1.54, 1.807) is 10.7 Å². The predicted molar refractivity (Wildman–Crippen MR) is 91.9 cm³/mol. The van der Waals surface area contributed by atoms with Crippen LogP contribution in [0.15, 0.2) is 27.5 Å². The molecule has 3 rings (SSSR count). The van der Waals surface area contributed by atoms with Crippen LogP contribution in [-0.2, 0) is 18.5 Å². The second kappa shape index (κ2) is 6.51. The second-order valence-corrected chi connectivity index (χ2v) is 7.68. The fourth-order valence-corrected chi connectivity index (χ4v) is 3.19.